The Balaban J connectivity index is 2.04. The number of H-pyrrole nitrogens is 1. The molecule has 4 N–H and O–H groups in total. The molecule has 1 unspecified atom stereocenters. The highest BCUT2D eigenvalue weighted by Gasteiger charge is 2.26. The number of halogens is 4. The van der Waals surface area contributed by atoms with Gasteiger partial charge in [-0.2, -0.15) is 0 Å². The van der Waals surface area contributed by atoms with E-state index >= 15 is 0 Å². The van der Waals surface area contributed by atoms with Gasteiger partial charge in [0.1, 0.15) is 5.82 Å². The molecule has 0 aliphatic heterocycles. The van der Waals surface area contributed by atoms with E-state index in [0.29, 0.717) is 0 Å². The number of carbonyl (C=O) groups is 1. The molecular weight excluding hydrogens is 485 g/mol. The second kappa shape index (κ2) is 9.41. The summed E-state index contributed by atoms with van der Waals surface area (Å²) in [5.41, 5.74) is -0.342. The largest absolute Gasteiger partial charge is 0.328 e. The van der Waals surface area contributed by atoms with Crippen molar-refractivity contribution < 1.29 is 26.4 Å². The van der Waals surface area contributed by atoms with Gasteiger partial charge in [0.15, 0.2) is 11.6 Å². The average Bonchev–Trinajstić information content (AvgIpc) is 2.71. The molecule has 2 aromatic carbocycles. The van der Waals surface area contributed by atoms with E-state index in [0.717, 1.165) is 29.2 Å². The summed E-state index contributed by atoms with van der Waals surface area (Å²) >= 11 is 5.73. The zero-order chi connectivity index (χ0) is 24.5. The van der Waals surface area contributed by atoms with Crippen LogP contribution in [0, 0.1) is 17.5 Å². The van der Waals surface area contributed by atoms with Crippen LogP contribution < -0.4 is 16.0 Å². The Morgan fingerprint density at radius 2 is 1.79 bits per heavy atom. The molecule has 33 heavy (non-hydrogen) atoms. The standard InChI is InChI=1S/C20H18ClF3N4O4S/c1-10(14-9-26-19(29)13-8-18(24)17(23)7-12(13)14)28(4-5-33(25,31)32)20(30)27-11-2-3-16(22)15(21)6-11/h2-3,6-10H,4-5H2,1H3,(H,26,29)(H,27,30)(H2,25,31,32). The van der Waals surface area contributed by atoms with Gasteiger partial charge >= 0.3 is 6.03 Å². The molecule has 0 bridgehead atoms. The molecule has 1 aromatic heterocycles. The summed E-state index contributed by atoms with van der Waals surface area (Å²) in [7, 11) is -3.97. The first-order valence-electron chi connectivity index (χ1n) is 9.41. The van der Waals surface area contributed by atoms with Gasteiger partial charge in [-0.1, -0.05) is 11.6 Å². The monoisotopic (exact) mass is 502 g/mol. The number of urea groups is 1. The average molecular weight is 503 g/mol. The Hall–Kier alpha value is -3.09. The number of hydrogen-bond donors (Lipinski definition) is 3. The number of pyridine rings is 1. The van der Waals surface area contributed by atoms with Crippen molar-refractivity contribution in [2.75, 3.05) is 17.6 Å². The highest BCUT2D eigenvalue weighted by molar-refractivity contribution is 7.89. The molecule has 0 saturated carbocycles. The number of primary sulfonamides is 1. The summed E-state index contributed by atoms with van der Waals surface area (Å²) in [5, 5.41) is 7.17. The van der Waals surface area contributed by atoms with Crippen LogP contribution in [0.15, 0.2) is 41.3 Å². The predicted molar refractivity (Wildman–Crippen MR) is 118 cm³/mol. The summed E-state index contributed by atoms with van der Waals surface area (Å²) < 4.78 is 64.1. The van der Waals surface area contributed by atoms with Crippen LogP contribution in [0.5, 0.6) is 0 Å². The van der Waals surface area contributed by atoms with E-state index in [1.807, 2.05) is 0 Å². The van der Waals surface area contributed by atoms with E-state index in [1.165, 1.54) is 19.2 Å². The Labute approximate surface area is 191 Å². The fraction of sp³-hybridized carbons (Fsp3) is 0.200. The fourth-order valence-corrected chi connectivity index (χ4v) is 3.88. The molecule has 2 amide bonds. The van der Waals surface area contributed by atoms with Crippen LogP contribution in [0.1, 0.15) is 18.5 Å². The van der Waals surface area contributed by atoms with Crippen molar-refractivity contribution in [3.8, 4) is 0 Å². The Morgan fingerprint density at radius 3 is 2.39 bits per heavy atom. The minimum Gasteiger partial charge on any atom is -0.328 e. The fourth-order valence-electron chi connectivity index (χ4n) is 3.25. The third-order valence-corrected chi connectivity index (χ3v) is 5.98. The number of nitrogens with zero attached hydrogens (tertiary/aromatic N) is 1. The molecule has 8 nitrogen and oxygen atoms in total. The van der Waals surface area contributed by atoms with Crippen LogP contribution in [0.3, 0.4) is 0 Å². The number of rotatable bonds is 6. The van der Waals surface area contributed by atoms with Gasteiger partial charge in [0, 0.05) is 18.4 Å². The van der Waals surface area contributed by atoms with Crippen molar-refractivity contribution in [1.82, 2.24) is 9.88 Å². The number of benzene rings is 2. The lowest BCUT2D eigenvalue weighted by Crippen LogP contribution is -2.41. The van der Waals surface area contributed by atoms with Gasteiger partial charge in [0.2, 0.25) is 10.0 Å². The van der Waals surface area contributed by atoms with Gasteiger partial charge in [-0.25, -0.2) is 31.5 Å². The zero-order valence-electron chi connectivity index (χ0n) is 17.0. The maximum Gasteiger partial charge on any atom is 0.322 e. The van der Waals surface area contributed by atoms with Crippen molar-refractivity contribution in [3.05, 3.63) is 74.9 Å². The van der Waals surface area contributed by atoms with Gasteiger partial charge in [-0.15, -0.1) is 0 Å². The van der Waals surface area contributed by atoms with Crippen molar-refractivity contribution in [1.29, 1.82) is 0 Å². The number of aromatic nitrogens is 1. The Bertz CT molecular complexity index is 1400. The first-order chi connectivity index (χ1) is 15.4. The van der Waals surface area contributed by atoms with Crippen molar-refractivity contribution in [2.45, 2.75) is 13.0 Å². The van der Waals surface area contributed by atoms with Gasteiger partial charge in [0.25, 0.3) is 5.56 Å². The summed E-state index contributed by atoms with van der Waals surface area (Å²) in [6, 6.07) is 3.24. The first-order valence-corrected chi connectivity index (χ1v) is 11.5. The van der Waals surface area contributed by atoms with Crippen molar-refractivity contribution in [2.24, 2.45) is 5.14 Å². The van der Waals surface area contributed by atoms with Crippen LogP contribution >= 0.6 is 11.6 Å². The van der Waals surface area contributed by atoms with E-state index < -0.39 is 50.9 Å². The van der Waals surface area contributed by atoms with Gasteiger partial charge in [-0.3, -0.25) is 4.79 Å². The quantitative estimate of drug-likeness (QED) is 0.477. The van der Waals surface area contributed by atoms with Gasteiger partial charge in [0.05, 0.1) is 22.2 Å². The maximum atomic E-state index is 13.9. The summed E-state index contributed by atoms with van der Waals surface area (Å²) in [5.74, 6) is -3.75. The van der Waals surface area contributed by atoms with Crippen LogP contribution in [0.2, 0.25) is 5.02 Å². The first kappa shape index (κ1) is 24.6. The SMILES string of the molecule is CC(c1c[nH]c(=O)c2cc(F)c(F)cc12)N(CCS(N)(=O)=O)C(=O)Nc1ccc(F)c(Cl)c1. The summed E-state index contributed by atoms with van der Waals surface area (Å²) in [6.45, 7) is 1.11. The smallest absolute Gasteiger partial charge is 0.322 e. The summed E-state index contributed by atoms with van der Waals surface area (Å²) in [4.78, 5) is 28.6. The van der Waals surface area contributed by atoms with E-state index in [4.69, 9.17) is 16.7 Å². The lowest BCUT2D eigenvalue weighted by Gasteiger charge is -2.30. The molecule has 3 rings (SSSR count). The van der Waals surface area contributed by atoms with Crippen molar-refractivity contribution >= 4 is 44.1 Å². The van der Waals surface area contributed by atoms with Gasteiger partial charge < -0.3 is 15.2 Å². The van der Waals surface area contributed by atoms with Crippen molar-refractivity contribution in [3.63, 3.8) is 0 Å². The van der Waals surface area contributed by atoms with Gasteiger partial charge in [-0.05, 0) is 48.2 Å². The number of nitrogens with two attached hydrogens (primary N) is 1. The zero-order valence-corrected chi connectivity index (χ0v) is 18.6. The maximum absolute atomic E-state index is 13.9. The van der Waals surface area contributed by atoms with Crippen LogP contribution in [0.4, 0.5) is 23.7 Å². The molecule has 0 saturated heterocycles. The molecule has 1 atom stereocenters. The molecule has 0 radical (unpaired) electrons. The third-order valence-electron chi connectivity index (χ3n) is 4.94. The molecule has 0 aliphatic rings. The molecule has 176 valence electrons. The Kier molecular flexibility index (Phi) is 7.00. The minimum absolute atomic E-state index is 0.0309. The number of amides is 2. The topological polar surface area (TPSA) is 125 Å². The van der Waals surface area contributed by atoms with E-state index in [9.17, 15) is 31.2 Å². The number of carbonyl (C=O) groups excluding carboxylic acids is 1. The molecule has 0 fully saturated rings. The number of sulfonamides is 1. The molecule has 13 heteroatoms. The normalized spacial score (nSPS) is 12.5. The van der Waals surface area contributed by atoms with E-state index in [-0.39, 0.29) is 33.6 Å². The van der Waals surface area contributed by atoms with E-state index in [1.54, 1.807) is 0 Å². The highest BCUT2D eigenvalue weighted by atomic mass is 35.5. The van der Waals surface area contributed by atoms with Crippen LogP contribution in [-0.4, -0.2) is 36.6 Å². The summed E-state index contributed by atoms with van der Waals surface area (Å²) in [6.07, 6.45) is 1.22. The van der Waals surface area contributed by atoms with E-state index in [2.05, 4.69) is 10.3 Å². The van der Waals surface area contributed by atoms with Crippen LogP contribution in [0.25, 0.3) is 10.8 Å². The number of nitrogens with one attached hydrogen (secondary N) is 2. The Morgan fingerprint density at radius 1 is 1.15 bits per heavy atom. The minimum atomic E-state index is -3.97. The number of aromatic amines is 1. The lowest BCUT2D eigenvalue weighted by atomic mass is 10.0. The number of fused-ring (bicyclic) bond motifs is 1. The highest BCUT2D eigenvalue weighted by Crippen LogP contribution is 2.28. The predicted octanol–water partition coefficient (Wildman–Crippen LogP) is 3.48. The molecular formula is C20H18ClF3N4O4S. The third kappa shape index (κ3) is 5.64. The second-order valence-corrected chi connectivity index (χ2v) is 9.32. The second-order valence-electron chi connectivity index (χ2n) is 7.18. The molecule has 1 heterocycles. The molecule has 0 aliphatic carbocycles. The molecule has 3 aromatic rings. The molecule has 0 spiro atoms. The number of anilines is 1. The van der Waals surface area contributed by atoms with Crippen LogP contribution in [-0.2, 0) is 10.0 Å². The number of hydrogen-bond acceptors (Lipinski definition) is 4. The lowest BCUT2D eigenvalue weighted by molar-refractivity contribution is 0.197.